The third-order valence-electron chi connectivity index (χ3n) is 3.63. The Hall–Kier alpha value is -1.99. The van der Waals surface area contributed by atoms with Crippen LogP contribution in [0.1, 0.15) is 25.2 Å². The van der Waals surface area contributed by atoms with E-state index in [0.717, 1.165) is 10.4 Å². The molecular formula is C15H15N3O2S2. The Bertz CT molecular complexity index is 894. The van der Waals surface area contributed by atoms with Gasteiger partial charge in [0.1, 0.15) is 16.7 Å². The highest BCUT2D eigenvalue weighted by Crippen LogP contribution is 2.34. The molecule has 0 spiro atoms. The van der Waals surface area contributed by atoms with E-state index in [-0.39, 0.29) is 5.56 Å². The van der Waals surface area contributed by atoms with Gasteiger partial charge in [0.2, 0.25) is 5.91 Å². The lowest BCUT2D eigenvalue weighted by Crippen LogP contribution is -2.35. The van der Waals surface area contributed by atoms with Gasteiger partial charge >= 0.3 is 0 Å². The molecule has 3 rings (SSSR count). The number of nitrogens with zero attached hydrogens (tertiary/aromatic N) is 2. The summed E-state index contributed by atoms with van der Waals surface area (Å²) in [4.78, 5) is 30.8. The monoisotopic (exact) mass is 333 g/mol. The molecule has 22 heavy (non-hydrogen) atoms. The number of carbonyl (C=O) groups excluding carboxylic acids is 1. The summed E-state index contributed by atoms with van der Waals surface area (Å²) in [5, 5.41) is 4.48. The van der Waals surface area contributed by atoms with Crippen LogP contribution in [0.25, 0.3) is 20.7 Å². The van der Waals surface area contributed by atoms with Crippen LogP contribution >= 0.6 is 22.7 Å². The normalized spacial score (nSPS) is 12.6. The number of rotatable bonds is 4. The van der Waals surface area contributed by atoms with Crippen molar-refractivity contribution in [2.24, 2.45) is 5.73 Å². The first kappa shape index (κ1) is 14.9. The van der Waals surface area contributed by atoms with Crippen molar-refractivity contribution in [3.8, 4) is 10.4 Å². The Morgan fingerprint density at radius 3 is 2.82 bits per heavy atom. The molecule has 0 saturated heterocycles. The van der Waals surface area contributed by atoms with Gasteiger partial charge < -0.3 is 5.73 Å². The molecule has 1 unspecified atom stereocenters. The quantitative estimate of drug-likeness (QED) is 0.797. The number of nitrogens with two attached hydrogens (primary N) is 1. The van der Waals surface area contributed by atoms with E-state index in [1.165, 1.54) is 15.9 Å². The lowest BCUT2D eigenvalue weighted by atomic mass is 10.1. The molecule has 1 amide bonds. The molecule has 0 aliphatic heterocycles. The van der Waals surface area contributed by atoms with Crippen LogP contribution in [0.2, 0.25) is 0 Å². The maximum absolute atomic E-state index is 13.0. The van der Waals surface area contributed by atoms with Gasteiger partial charge in [0.05, 0.1) is 5.39 Å². The van der Waals surface area contributed by atoms with E-state index < -0.39 is 11.9 Å². The van der Waals surface area contributed by atoms with E-state index in [0.29, 0.717) is 22.5 Å². The van der Waals surface area contributed by atoms with Crippen LogP contribution in [-0.4, -0.2) is 15.5 Å². The molecular weight excluding hydrogens is 318 g/mol. The van der Waals surface area contributed by atoms with Crippen molar-refractivity contribution in [3.63, 3.8) is 0 Å². The van der Waals surface area contributed by atoms with Crippen LogP contribution in [0.15, 0.2) is 27.7 Å². The number of fused-ring (bicyclic) bond motifs is 1. The minimum Gasteiger partial charge on any atom is -0.368 e. The van der Waals surface area contributed by atoms with Crippen LogP contribution in [0, 0.1) is 6.92 Å². The smallest absolute Gasteiger partial charge is 0.263 e. The fourth-order valence-electron chi connectivity index (χ4n) is 2.60. The second kappa shape index (κ2) is 5.66. The Balaban J connectivity index is 2.34. The largest absolute Gasteiger partial charge is 0.368 e. The molecule has 0 aliphatic carbocycles. The third kappa shape index (κ3) is 2.26. The molecule has 7 heteroatoms. The molecule has 5 nitrogen and oxygen atoms in total. The number of aromatic nitrogens is 2. The lowest BCUT2D eigenvalue weighted by Gasteiger charge is -2.17. The van der Waals surface area contributed by atoms with Crippen molar-refractivity contribution in [2.45, 2.75) is 26.3 Å². The molecule has 1 atom stereocenters. The molecule has 0 aliphatic rings. The van der Waals surface area contributed by atoms with Crippen molar-refractivity contribution in [2.75, 3.05) is 0 Å². The van der Waals surface area contributed by atoms with Gasteiger partial charge in [-0.25, -0.2) is 4.98 Å². The third-order valence-corrected chi connectivity index (χ3v) is 5.41. The molecule has 3 heterocycles. The summed E-state index contributed by atoms with van der Waals surface area (Å²) in [5.41, 5.74) is 6.13. The summed E-state index contributed by atoms with van der Waals surface area (Å²) in [6.45, 7) is 3.57. The summed E-state index contributed by atoms with van der Waals surface area (Å²) in [7, 11) is 0. The van der Waals surface area contributed by atoms with Gasteiger partial charge in [-0.2, -0.15) is 0 Å². The van der Waals surface area contributed by atoms with Gasteiger partial charge in [-0.05, 0) is 24.8 Å². The first-order chi connectivity index (χ1) is 10.5. The average Bonchev–Trinajstić information content (AvgIpc) is 3.11. The van der Waals surface area contributed by atoms with E-state index in [9.17, 15) is 9.59 Å². The molecule has 0 radical (unpaired) electrons. The van der Waals surface area contributed by atoms with Crippen LogP contribution in [-0.2, 0) is 4.79 Å². The molecule has 2 N–H and O–H groups in total. The second-order valence-corrected chi connectivity index (χ2v) is 6.77. The zero-order valence-electron chi connectivity index (χ0n) is 12.2. The summed E-state index contributed by atoms with van der Waals surface area (Å²) < 4.78 is 1.43. The number of hydrogen-bond acceptors (Lipinski definition) is 5. The number of hydrogen-bond donors (Lipinski definition) is 1. The average molecular weight is 333 g/mol. The van der Waals surface area contributed by atoms with Crippen LogP contribution < -0.4 is 11.3 Å². The topological polar surface area (TPSA) is 78.0 Å². The van der Waals surface area contributed by atoms with Crippen molar-refractivity contribution >= 4 is 38.8 Å². The number of amides is 1. The molecule has 0 fully saturated rings. The molecule has 3 aromatic rings. The minimum atomic E-state index is -0.666. The Kier molecular flexibility index (Phi) is 3.84. The van der Waals surface area contributed by atoms with Crippen LogP contribution in [0.4, 0.5) is 0 Å². The van der Waals surface area contributed by atoms with E-state index in [4.69, 9.17) is 5.73 Å². The van der Waals surface area contributed by atoms with Crippen molar-refractivity contribution in [1.82, 2.24) is 9.55 Å². The summed E-state index contributed by atoms with van der Waals surface area (Å²) in [5.74, 6) is 0.00415. The first-order valence-electron chi connectivity index (χ1n) is 6.88. The summed E-state index contributed by atoms with van der Waals surface area (Å²) in [6.07, 6.45) is 0.460. The predicted molar refractivity (Wildman–Crippen MR) is 90.5 cm³/mol. The lowest BCUT2D eigenvalue weighted by molar-refractivity contribution is -0.121. The first-order valence-corrected chi connectivity index (χ1v) is 8.64. The van der Waals surface area contributed by atoms with E-state index in [1.54, 1.807) is 18.3 Å². The maximum atomic E-state index is 13.0. The summed E-state index contributed by atoms with van der Waals surface area (Å²) >= 11 is 3.02. The highest BCUT2D eigenvalue weighted by molar-refractivity contribution is 7.18. The van der Waals surface area contributed by atoms with Crippen molar-refractivity contribution in [3.05, 3.63) is 39.1 Å². The molecule has 3 aromatic heterocycles. The Morgan fingerprint density at radius 2 is 2.23 bits per heavy atom. The number of primary amides is 1. The number of thiophene rings is 2. The van der Waals surface area contributed by atoms with Crippen LogP contribution in [0.3, 0.4) is 0 Å². The standard InChI is InChI=1S/C15H15N3O2S2/c1-3-10(13(16)19)18-8(2)17-14-12(15(18)20)9(7-22-14)11-5-4-6-21-11/h4-7,10H,3H2,1-2H3,(H2,16,19). The molecule has 0 bridgehead atoms. The van der Waals surface area contributed by atoms with Gasteiger partial charge in [-0.1, -0.05) is 13.0 Å². The predicted octanol–water partition coefficient (Wildman–Crippen LogP) is 2.93. The van der Waals surface area contributed by atoms with Gasteiger partial charge in [0.25, 0.3) is 5.56 Å². The highest BCUT2D eigenvalue weighted by atomic mass is 32.1. The van der Waals surface area contributed by atoms with Gasteiger partial charge in [0.15, 0.2) is 0 Å². The molecule has 114 valence electrons. The molecule has 0 saturated carbocycles. The van der Waals surface area contributed by atoms with E-state index in [2.05, 4.69) is 4.98 Å². The maximum Gasteiger partial charge on any atom is 0.263 e. The minimum absolute atomic E-state index is 0.196. The fourth-order valence-corrected chi connectivity index (χ4v) is 4.39. The zero-order valence-corrected chi connectivity index (χ0v) is 13.8. The highest BCUT2D eigenvalue weighted by Gasteiger charge is 2.23. The number of aryl methyl sites for hydroxylation is 1. The fraction of sp³-hybridized carbons (Fsp3) is 0.267. The number of carbonyl (C=O) groups is 1. The van der Waals surface area contributed by atoms with E-state index >= 15 is 0 Å². The van der Waals surface area contributed by atoms with Gasteiger partial charge in [-0.3, -0.25) is 14.2 Å². The van der Waals surface area contributed by atoms with Gasteiger partial charge in [-0.15, -0.1) is 22.7 Å². The van der Waals surface area contributed by atoms with Crippen LogP contribution in [0.5, 0.6) is 0 Å². The van der Waals surface area contributed by atoms with Crippen molar-refractivity contribution in [1.29, 1.82) is 0 Å². The SMILES string of the molecule is CCC(C(N)=O)n1c(C)nc2scc(-c3cccs3)c2c1=O. The Labute approximate surface area is 135 Å². The van der Waals surface area contributed by atoms with Crippen molar-refractivity contribution < 1.29 is 4.79 Å². The van der Waals surface area contributed by atoms with Gasteiger partial charge in [0, 0.05) is 15.8 Å². The van der Waals surface area contributed by atoms with E-state index in [1.807, 2.05) is 29.8 Å². The zero-order chi connectivity index (χ0) is 15.9. The second-order valence-electron chi connectivity index (χ2n) is 4.97. The molecule has 0 aromatic carbocycles. The summed E-state index contributed by atoms with van der Waals surface area (Å²) in [6, 6.07) is 3.25. The Morgan fingerprint density at radius 1 is 1.45 bits per heavy atom.